The monoisotopic (exact) mass is 1140 g/mol. The van der Waals surface area contributed by atoms with Gasteiger partial charge in [0.05, 0.1) is 122 Å². The van der Waals surface area contributed by atoms with Crippen LogP contribution in [-0.4, -0.2) is 174 Å². The normalized spacial score (nSPS) is 11.2. The highest BCUT2D eigenvalue weighted by atomic mass is 16.6. The number of rotatable bonds is 47. The van der Waals surface area contributed by atoms with E-state index in [9.17, 15) is 24.0 Å². The second-order valence-corrected chi connectivity index (χ2v) is 17.4. The maximum absolute atomic E-state index is 12.9. The highest BCUT2D eigenvalue weighted by Gasteiger charge is 2.14. The van der Waals surface area contributed by atoms with E-state index in [1.807, 2.05) is 6.08 Å². The summed E-state index contributed by atoms with van der Waals surface area (Å²) >= 11 is 0. The van der Waals surface area contributed by atoms with E-state index in [1.165, 1.54) is 24.3 Å². The van der Waals surface area contributed by atoms with Gasteiger partial charge in [0, 0.05) is 19.1 Å². The lowest BCUT2D eigenvalue weighted by molar-refractivity contribution is -0.145. The number of hydrogen-bond donors (Lipinski definition) is 1. The number of hydrogen-bond acceptors (Lipinski definition) is 20. The lowest BCUT2D eigenvalue weighted by atomic mass is 10.0. The third-order valence-corrected chi connectivity index (χ3v) is 11.1. The van der Waals surface area contributed by atoms with Gasteiger partial charge in [0.25, 0.3) is 0 Å². The van der Waals surface area contributed by atoms with E-state index in [0.29, 0.717) is 108 Å². The highest BCUT2D eigenvalue weighted by Crippen LogP contribution is 2.24. The Bertz CT molecular complexity index is 2440. The molecule has 0 saturated heterocycles. The number of esters is 5. The molecule has 0 aliphatic heterocycles. The molecule has 4 rings (SSSR count). The fourth-order valence-electron chi connectivity index (χ4n) is 6.89. The van der Waals surface area contributed by atoms with Gasteiger partial charge in [0.15, 0.2) is 0 Å². The minimum Gasteiger partial charge on any atom is -0.491 e. The number of aliphatic hydroxyl groups excluding tert-OH is 1. The first-order chi connectivity index (χ1) is 40.2. The molecule has 4 aromatic carbocycles. The number of ether oxygens (including phenoxy) is 14. The largest absolute Gasteiger partial charge is 0.491 e. The fraction of sp³-hybridized carbons (Fsp3) is 0.435. The highest BCUT2D eigenvalue weighted by molar-refractivity contribution is 5.93. The standard InChI is InChI=1S/C62H78O20/c1-2-58(64)78-47-43-74-39-38-73-42-46-77-55-23-19-53(20-24-55)61(67)82-57-27-21-54(22-28-57)62(68)81-56-25-17-51(18-26-56)50-13-15-52(16-14-50)60(66)80-49-45-76-41-40-75-44-48-79-59(65)12-8-11-31-70-33-35-72-37-36-71-34-32-69-30-10-7-5-3-4-6-9-29-63/h2,5-7,9,13-28,63H,1,3-4,8,10-12,29-49H2/b7-5-,9-6-. The first kappa shape index (κ1) is 67.4. The van der Waals surface area contributed by atoms with Crippen LogP contribution in [0.3, 0.4) is 0 Å². The molecule has 0 heterocycles. The molecule has 0 aromatic heterocycles. The summed E-state index contributed by atoms with van der Waals surface area (Å²) in [5.41, 5.74) is 2.59. The Morgan fingerprint density at radius 1 is 0.366 bits per heavy atom. The molecule has 0 bridgehead atoms. The summed E-state index contributed by atoms with van der Waals surface area (Å²) in [6.45, 7) is 10.4. The van der Waals surface area contributed by atoms with Crippen molar-refractivity contribution in [3.8, 4) is 28.4 Å². The number of carbonyl (C=O) groups is 5. The second kappa shape index (κ2) is 44.5. The molecule has 446 valence electrons. The second-order valence-electron chi connectivity index (χ2n) is 17.4. The van der Waals surface area contributed by atoms with Crippen molar-refractivity contribution in [2.75, 3.05) is 139 Å². The average Bonchev–Trinajstić information content (AvgIpc) is 3.56. The summed E-state index contributed by atoms with van der Waals surface area (Å²) in [7, 11) is 0. The average molecular weight is 1140 g/mol. The van der Waals surface area contributed by atoms with Crippen LogP contribution in [0.1, 0.15) is 69.6 Å². The summed E-state index contributed by atoms with van der Waals surface area (Å²) in [6, 6.07) is 26.2. The van der Waals surface area contributed by atoms with Crippen molar-refractivity contribution < 1.29 is 95.4 Å². The van der Waals surface area contributed by atoms with E-state index < -0.39 is 23.9 Å². The maximum atomic E-state index is 12.9. The topological polar surface area (TPSA) is 235 Å². The summed E-state index contributed by atoms with van der Waals surface area (Å²) in [5, 5.41) is 8.69. The minimum absolute atomic E-state index is 0.0563. The van der Waals surface area contributed by atoms with Gasteiger partial charge in [-0.15, -0.1) is 0 Å². The predicted molar refractivity (Wildman–Crippen MR) is 302 cm³/mol. The van der Waals surface area contributed by atoms with E-state index in [0.717, 1.165) is 42.9 Å². The Labute approximate surface area is 480 Å². The summed E-state index contributed by atoms with van der Waals surface area (Å²) in [4.78, 5) is 61.3. The van der Waals surface area contributed by atoms with Gasteiger partial charge in [-0.1, -0.05) is 55.1 Å². The Hall–Kier alpha value is -7.11. The van der Waals surface area contributed by atoms with Gasteiger partial charge >= 0.3 is 29.8 Å². The van der Waals surface area contributed by atoms with Crippen molar-refractivity contribution in [2.24, 2.45) is 0 Å². The van der Waals surface area contributed by atoms with Gasteiger partial charge in [-0.3, -0.25) is 4.79 Å². The molecule has 0 atom stereocenters. The van der Waals surface area contributed by atoms with Crippen LogP contribution >= 0.6 is 0 Å². The minimum atomic E-state index is -0.598. The number of unbranched alkanes of at least 4 members (excludes halogenated alkanes) is 2. The van der Waals surface area contributed by atoms with Crippen LogP contribution in [0.5, 0.6) is 17.2 Å². The van der Waals surface area contributed by atoms with Crippen molar-refractivity contribution in [2.45, 2.75) is 38.5 Å². The van der Waals surface area contributed by atoms with Crippen molar-refractivity contribution in [3.05, 3.63) is 151 Å². The molecule has 4 aromatic rings. The lowest BCUT2D eigenvalue weighted by Crippen LogP contribution is -2.15. The van der Waals surface area contributed by atoms with Crippen LogP contribution in [0.25, 0.3) is 11.1 Å². The summed E-state index contributed by atoms with van der Waals surface area (Å²) < 4.78 is 75.9. The third kappa shape index (κ3) is 31.8. The number of aliphatic hydroxyl groups is 1. The zero-order chi connectivity index (χ0) is 58.3. The lowest BCUT2D eigenvalue weighted by Gasteiger charge is -2.09. The molecular formula is C62H78O20. The van der Waals surface area contributed by atoms with E-state index in [1.54, 1.807) is 78.9 Å². The van der Waals surface area contributed by atoms with Crippen LogP contribution in [0.2, 0.25) is 0 Å². The first-order valence-corrected chi connectivity index (χ1v) is 27.4. The van der Waals surface area contributed by atoms with Crippen LogP contribution < -0.4 is 14.2 Å². The zero-order valence-corrected chi connectivity index (χ0v) is 46.6. The molecule has 20 nitrogen and oxygen atoms in total. The number of carbonyl (C=O) groups excluding carboxylic acids is 5. The molecule has 0 aliphatic rings. The van der Waals surface area contributed by atoms with Crippen molar-refractivity contribution in [1.82, 2.24) is 0 Å². The van der Waals surface area contributed by atoms with Gasteiger partial charge in [0.2, 0.25) is 0 Å². The fourth-order valence-corrected chi connectivity index (χ4v) is 6.89. The predicted octanol–water partition coefficient (Wildman–Crippen LogP) is 8.18. The van der Waals surface area contributed by atoms with Gasteiger partial charge in [-0.2, -0.15) is 0 Å². The molecular weight excluding hydrogens is 1060 g/mol. The smallest absolute Gasteiger partial charge is 0.343 e. The Morgan fingerprint density at radius 2 is 0.744 bits per heavy atom. The van der Waals surface area contributed by atoms with Crippen LogP contribution in [0.15, 0.2) is 134 Å². The van der Waals surface area contributed by atoms with Crippen LogP contribution in [0.4, 0.5) is 0 Å². The van der Waals surface area contributed by atoms with Gasteiger partial charge < -0.3 is 71.4 Å². The Balaban J connectivity index is 0.940. The molecule has 0 saturated carbocycles. The molecule has 0 spiro atoms. The number of benzene rings is 4. The van der Waals surface area contributed by atoms with E-state index in [-0.39, 0.29) is 83.4 Å². The molecule has 0 fully saturated rings. The van der Waals surface area contributed by atoms with Gasteiger partial charge in [-0.05, 0) is 116 Å². The molecule has 0 radical (unpaired) electrons. The van der Waals surface area contributed by atoms with Crippen LogP contribution in [0, 0.1) is 0 Å². The Kier molecular flexibility index (Phi) is 36.6. The summed E-state index contributed by atoms with van der Waals surface area (Å²) in [5.74, 6) is -1.37. The molecule has 0 amide bonds. The van der Waals surface area contributed by atoms with Gasteiger partial charge in [-0.25, -0.2) is 19.2 Å². The molecule has 20 heteroatoms. The third-order valence-electron chi connectivity index (χ3n) is 11.1. The van der Waals surface area contributed by atoms with Crippen LogP contribution in [-0.2, 0) is 61.7 Å². The van der Waals surface area contributed by atoms with E-state index >= 15 is 0 Å². The molecule has 0 unspecified atom stereocenters. The van der Waals surface area contributed by atoms with E-state index in [4.69, 9.17) is 71.4 Å². The molecule has 82 heavy (non-hydrogen) atoms. The maximum Gasteiger partial charge on any atom is 0.343 e. The SMILES string of the molecule is C=CC(=O)OCCOCCOCCOc1ccc(C(=O)Oc2ccc(C(=O)Oc3ccc(-c4ccc(C(=O)OCCOCCOCCOC(=O)CCCCOCCOCCOCCOCC/C=C\CC/C=C\CO)cc4)cc3)cc2)cc1. The summed E-state index contributed by atoms with van der Waals surface area (Å²) in [6.07, 6.45) is 13.4. The van der Waals surface area contributed by atoms with Gasteiger partial charge in [0.1, 0.15) is 43.7 Å². The molecule has 1 N–H and O–H groups in total. The number of allylic oxidation sites excluding steroid dienone is 2. The quantitative estimate of drug-likeness (QED) is 0.0110. The van der Waals surface area contributed by atoms with Crippen molar-refractivity contribution in [1.29, 1.82) is 0 Å². The Morgan fingerprint density at radius 3 is 1.26 bits per heavy atom. The first-order valence-electron chi connectivity index (χ1n) is 27.4. The van der Waals surface area contributed by atoms with Crippen molar-refractivity contribution >= 4 is 29.8 Å². The van der Waals surface area contributed by atoms with E-state index in [2.05, 4.69) is 18.7 Å². The van der Waals surface area contributed by atoms with Crippen molar-refractivity contribution in [3.63, 3.8) is 0 Å². The molecule has 0 aliphatic carbocycles. The zero-order valence-electron chi connectivity index (χ0n) is 46.6.